The fourth-order valence-electron chi connectivity index (χ4n) is 0.298. The Morgan fingerprint density at radius 2 is 2.38 bits per heavy atom. The van der Waals surface area contributed by atoms with Gasteiger partial charge in [0, 0.05) is 6.20 Å². The molecule has 42 valence electrons. The molecular weight excluding hydrogens is 222 g/mol. The molecule has 8 heavy (non-hydrogen) atoms. The molecule has 1 aromatic rings. The van der Waals surface area contributed by atoms with Gasteiger partial charge in [-0.3, -0.25) is 0 Å². The Labute approximate surface area is 59.3 Å². The van der Waals surface area contributed by atoms with Gasteiger partial charge in [0.05, 0.1) is 3.57 Å². The van der Waals surface area contributed by atoms with Gasteiger partial charge in [-0.05, 0) is 22.6 Å². The zero-order chi connectivity index (χ0) is 5.98. The highest BCUT2D eigenvalue weighted by Gasteiger charge is 1.93. The van der Waals surface area contributed by atoms with Crippen LogP contribution in [0.15, 0.2) is 12.5 Å². The first-order valence-corrected chi connectivity index (χ1v) is 2.99. The third-order valence-electron chi connectivity index (χ3n) is 0.623. The molecule has 0 radical (unpaired) electrons. The van der Waals surface area contributed by atoms with Crippen LogP contribution in [0, 0.1) is 9.52 Å². The topological polar surface area (TPSA) is 25.8 Å². The van der Waals surface area contributed by atoms with Crippen LogP contribution in [0.5, 0.6) is 0 Å². The van der Waals surface area contributed by atoms with Crippen LogP contribution in [0.2, 0.25) is 0 Å². The maximum Gasteiger partial charge on any atom is 0.229 e. The van der Waals surface area contributed by atoms with Crippen LogP contribution in [-0.4, -0.2) is 9.97 Å². The highest BCUT2D eigenvalue weighted by molar-refractivity contribution is 14.1. The molecule has 0 atom stereocenters. The predicted octanol–water partition coefficient (Wildman–Crippen LogP) is 1.22. The standard InChI is InChI=1S/C4H2FIN2/c5-4-3(6)1-7-2-8-4/h1-2H. The minimum atomic E-state index is -0.458. The first-order chi connectivity index (χ1) is 3.80. The molecular formula is C4H2FIN2. The number of aromatic nitrogens is 2. The summed E-state index contributed by atoms with van der Waals surface area (Å²) in [5.41, 5.74) is 0. The zero-order valence-electron chi connectivity index (χ0n) is 3.81. The van der Waals surface area contributed by atoms with Crippen LogP contribution in [-0.2, 0) is 0 Å². The summed E-state index contributed by atoms with van der Waals surface area (Å²) in [5, 5.41) is 0. The van der Waals surface area contributed by atoms with Crippen LogP contribution >= 0.6 is 22.6 Å². The van der Waals surface area contributed by atoms with Crippen LogP contribution in [0.1, 0.15) is 0 Å². The first-order valence-electron chi connectivity index (χ1n) is 1.91. The van der Waals surface area contributed by atoms with Gasteiger partial charge in [-0.1, -0.05) is 0 Å². The molecule has 1 aromatic heterocycles. The Hall–Kier alpha value is -0.260. The van der Waals surface area contributed by atoms with Crippen LogP contribution < -0.4 is 0 Å². The van der Waals surface area contributed by atoms with Crippen molar-refractivity contribution in [3.05, 3.63) is 22.0 Å². The number of hydrogen-bond donors (Lipinski definition) is 0. The van der Waals surface area contributed by atoms with Gasteiger partial charge in [0.1, 0.15) is 6.33 Å². The lowest BCUT2D eigenvalue weighted by Gasteiger charge is -1.85. The van der Waals surface area contributed by atoms with E-state index in [-0.39, 0.29) is 0 Å². The Morgan fingerprint density at radius 3 is 2.75 bits per heavy atom. The largest absolute Gasteiger partial charge is 0.243 e. The van der Waals surface area contributed by atoms with Crippen LogP contribution in [0.4, 0.5) is 4.39 Å². The molecule has 0 spiro atoms. The third-order valence-corrected chi connectivity index (χ3v) is 1.35. The van der Waals surface area contributed by atoms with Crippen molar-refractivity contribution in [3.8, 4) is 0 Å². The van der Waals surface area contributed by atoms with Gasteiger partial charge >= 0.3 is 0 Å². The third kappa shape index (κ3) is 1.12. The predicted molar refractivity (Wildman–Crippen MR) is 34.7 cm³/mol. The van der Waals surface area contributed by atoms with Gasteiger partial charge in [-0.15, -0.1) is 0 Å². The summed E-state index contributed by atoms with van der Waals surface area (Å²) in [6, 6.07) is 0. The Morgan fingerprint density at radius 1 is 1.62 bits per heavy atom. The highest BCUT2D eigenvalue weighted by atomic mass is 127. The second-order valence-electron chi connectivity index (χ2n) is 1.16. The lowest BCUT2D eigenvalue weighted by molar-refractivity contribution is 0.571. The second kappa shape index (κ2) is 2.34. The second-order valence-corrected chi connectivity index (χ2v) is 2.32. The fraction of sp³-hybridized carbons (Fsp3) is 0. The molecule has 1 rings (SSSR count). The molecule has 0 aliphatic heterocycles. The molecule has 0 saturated carbocycles. The van der Waals surface area contributed by atoms with Crippen molar-refractivity contribution in [2.75, 3.05) is 0 Å². The molecule has 2 nitrogen and oxygen atoms in total. The van der Waals surface area contributed by atoms with E-state index in [0.717, 1.165) is 0 Å². The van der Waals surface area contributed by atoms with Gasteiger partial charge in [0.2, 0.25) is 5.95 Å². The number of halogens is 2. The van der Waals surface area contributed by atoms with Crippen molar-refractivity contribution >= 4 is 22.6 Å². The molecule has 0 amide bonds. The summed E-state index contributed by atoms with van der Waals surface area (Å²) in [5.74, 6) is -0.458. The maximum atomic E-state index is 12.2. The molecule has 0 N–H and O–H groups in total. The number of nitrogens with zero attached hydrogens (tertiary/aromatic N) is 2. The SMILES string of the molecule is Fc1ncncc1I. The van der Waals surface area contributed by atoms with Crippen molar-refractivity contribution in [1.82, 2.24) is 9.97 Å². The molecule has 4 heteroatoms. The van der Waals surface area contributed by atoms with E-state index >= 15 is 0 Å². The van der Waals surface area contributed by atoms with Crippen LogP contribution in [0.25, 0.3) is 0 Å². The summed E-state index contributed by atoms with van der Waals surface area (Å²) in [6.45, 7) is 0. The quantitative estimate of drug-likeness (QED) is 0.489. The monoisotopic (exact) mass is 224 g/mol. The van der Waals surface area contributed by atoms with E-state index in [1.165, 1.54) is 12.5 Å². The summed E-state index contributed by atoms with van der Waals surface area (Å²) in [4.78, 5) is 6.88. The molecule has 0 saturated heterocycles. The molecule has 0 aromatic carbocycles. The maximum absolute atomic E-state index is 12.2. The normalized spacial score (nSPS) is 9.25. The van der Waals surface area contributed by atoms with Crippen LogP contribution in [0.3, 0.4) is 0 Å². The number of rotatable bonds is 0. The van der Waals surface area contributed by atoms with Gasteiger partial charge in [0.25, 0.3) is 0 Å². The molecule has 0 aliphatic rings. The van der Waals surface area contributed by atoms with E-state index in [2.05, 4.69) is 9.97 Å². The van der Waals surface area contributed by atoms with Crippen molar-refractivity contribution in [2.45, 2.75) is 0 Å². The van der Waals surface area contributed by atoms with Crippen molar-refractivity contribution in [1.29, 1.82) is 0 Å². The number of hydrogen-bond acceptors (Lipinski definition) is 2. The van der Waals surface area contributed by atoms with Gasteiger partial charge in [0.15, 0.2) is 0 Å². The first kappa shape index (κ1) is 5.87. The lowest BCUT2D eigenvalue weighted by Crippen LogP contribution is -1.86. The van der Waals surface area contributed by atoms with Gasteiger partial charge < -0.3 is 0 Å². The average molecular weight is 224 g/mol. The highest BCUT2D eigenvalue weighted by Crippen LogP contribution is 2.02. The summed E-state index contributed by atoms with van der Waals surface area (Å²) in [6.07, 6.45) is 2.60. The lowest BCUT2D eigenvalue weighted by atomic mass is 10.7. The summed E-state index contributed by atoms with van der Waals surface area (Å²) >= 11 is 1.82. The molecule has 1 heterocycles. The smallest absolute Gasteiger partial charge is 0.229 e. The summed E-state index contributed by atoms with van der Waals surface area (Å²) < 4.78 is 12.6. The molecule has 0 unspecified atom stereocenters. The van der Waals surface area contributed by atoms with E-state index in [4.69, 9.17) is 0 Å². The van der Waals surface area contributed by atoms with E-state index in [0.29, 0.717) is 3.57 Å². The minimum absolute atomic E-state index is 0.449. The fourth-order valence-corrected chi connectivity index (χ4v) is 0.598. The van der Waals surface area contributed by atoms with E-state index in [1.807, 2.05) is 22.6 Å². The zero-order valence-corrected chi connectivity index (χ0v) is 5.96. The van der Waals surface area contributed by atoms with Crippen molar-refractivity contribution < 1.29 is 4.39 Å². The van der Waals surface area contributed by atoms with E-state index in [9.17, 15) is 4.39 Å². The van der Waals surface area contributed by atoms with Crippen molar-refractivity contribution in [3.63, 3.8) is 0 Å². The van der Waals surface area contributed by atoms with E-state index in [1.54, 1.807) is 0 Å². The van der Waals surface area contributed by atoms with Gasteiger partial charge in [-0.25, -0.2) is 9.97 Å². The Kier molecular flexibility index (Phi) is 1.72. The van der Waals surface area contributed by atoms with E-state index < -0.39 is 5.95 Å². The van der Waals surface area contributed by atoms with Gasteiger partial charge in [-0.2, -0.15) is 4.39 Å². The van der Waals surface area contributed by atoms with Crippen molar-refractivity contribution in [2.24, 2.45) is 0 Å². The Bertz CT molecular complexity index is 170. The Balaban J connectivity index is 3.13. The molecule has 0 aliphatic carbocycles. The average Bonchev–Trinajstić information content (AvgIpc) is 1.77. The minimum Gasteiger partial charge on any atom is -0.243 e. The summed E-state index contributed by atoms with van der Waals surface area (Å²) in [7, 11) is 0. The molecule has 0 fully saturated rings. The molecule has 0 bridgehead atoms.